The smallest absolute Gasteiger partial charge is 0.149 e. The lowest BCUT2D eigenvalue weighted by atomic mass is 9.98. The van der Waals surface area contributed by atoms with Crippen molar-refractivity contribution < 1.29 is 4.39 Å². The molecule has 0 aliphatic rings. The molecule has 3 aromatic rings. The summed E-state index contributed by atoms with van der Waals surface area (Å²) in [7, 11) is 4.16. The SMILES string of the molecule is CC(c1ccc(-c2ccc(-c3ccncc3F)cc2)cc1)N(C)C. The van der Waals surface area contributed by atoms with Crippen molar-refractivity contribution >= 4 is 0 Å². The molecule has 3 rings (SSSR count). The van der Waals surface area contributed by atoms with Crippen molar-refractivity contribution in [1.29, 1.82) is 0 Å². The average molecular weight is 320 g/mol. The van der Waals surface area contributed by atoms with Gasteiger partial charge in [-0.25, -0.2) is 4.39 Å². The second-order valence-corrected chi connectivity index (χ2v) is 6.19. The highest BCUT2D eigenvalue weighted by atomic mass is 19.1. The van der Waals surface area contributed by atoms with Crippen LogP contribution in [-0.2, 0) is 0 Å². The average Bonchev–Trinajstić information content (AvgIpc) is 2.62. The molecule has 0 bridgehead atoms. The van der Waals surface area contributed by atoms with Crippen molar-refractivity contribution in [2.45, 2.75) is 13.0 Å². The Labute approximate surface area is 142 Å². The lowest BCUT2D eigenvalue weighted by Crippen LogP contribution is -2.16. The molecule has 0 saturated carbocycles. The van der Waals surface area contributed by atoms with E-state index in [0.29, 0.717) is 11.6 Å². The third-order valence-corrected chi connectivity index (χ3v) is 4.47. The number of aromatic nitrogens is 1. The van der Waals surface area contributed by atoms with Crippen molar-refractivity contribution in [3.05, 3.63) is 78.4 Å². The van der Waals surface area contributed by atoms with Crippen LogP contribution < -0.4 is 0 Å². The van der Waals surface area contributed by atoms with Gasteiger partial charge in [-0.3, -0.25) is 4.98 Å². The van der Waals surface area contributed by atoms with Crippen LogP contribution in [0.3, 0.4) is 0 Å². The fraction of sp³-hybridized carbons (Fsp3) is 0.190. The molecule has 1 atom stereocenters. The van der Waals surface area contributed by atoms with Crippen LogP contribution in [0.1, 0.15) is 18.5 Å². The maximum Gasteiger partial charge on any atom is 0.149 e. The van der Waals surface area contributed by atoms with E-state index in [9.17, 15) is 4.39 Å². The number of halogens is 1. The molecule has 0 amide bonds. The lowest BCUT2D eigenvalue weighted by Gasteiger charge is -2.20. The normalized spacial score (nSPS) is 12.4. The molecule has 0 spiro atoms. The van der Waals surface area contributed by atoms with E-state index in [4.69, 9.17) is 0 Å². The van der Waals surface area contributed by atoms with Crippen molar-refractivity contribution in [3.8, 4) is 22.3 Å². The molecule has 3 heteroatoms. The maximum absolute atomic E-state index is 13.8. The first-order valence-corrected chi connectivity index (χ1v) is 8.03. The monoisotopic (exact) mass is 320 g/mol. The van der Waals surface area contributed by atoms with E-state index in [2.05, 4.69) is 55.2 Å². The Kier molecular flexibility index (Phi) is 4.72. The summed E-state index contributed by atoms with van der Waals surface area (Å²) in [5.41, 5.74) is 5.01. The molecular weight excluding hydrogens is 299 g/mol. The van der Waals surface area contributed by atoms with E-state index in [1.165, 1.54) is 11.8 Å². The minimum absolute atomic E-state index is 0.299. The Morgan fingerprint density at radius 1 is 0.833 bits per heavy atom. The second kappa shape index (κ2) is 6.93. The number of pyridine rings is 1. The van der Waals surface area contributed by atoms with Crippen LogP contribution in [-0.4, -0.2) is 24.0 Å². The van der Waals surface area contributed by atoms with E-state index < -0.39 is 0 Å². The van der Waals surface area contributed by atoms with Crippen LogP contribution in [0.4, 0.5) is 4.39 Å². The molecule has 0 radical (unpaired) electrons. The van der Waals surface area contributed by atoms with Crippen molar-refractivity contribution in [3.63, 3.8) is 0 Å². The lowest BCUT2D eigenvalue weighted by molar-refractivity contribution is 0.321. The Balaban J connectivity index is 1.85. The number of hydrogen-bond acceptors (Lipinski definition) is 2. The summed E-state index contributed by atoms with van der Waals surface area (Å²) in [4.78, 5) is 5.98. The van der Waals surface area contributed by atoms with Gasteiger partial charge in [0.25, 0.3) is 0 Å². The third-order valence-electron chi connectivity index (χ3n) is 4.47. The summed E-state index contributed by atoms with van der Waals surface area (Å²) >= 11 is 0. The molecule has 122 valence electrons. The summed E-state index contributed by atoms with van der Waals surface area (Å²) in [6, 6.07) is 18.6. The molecule has 0 saturated heterocycles. The zero-order valence-corrected chi connectivity index (χ0v) is 14.2. The number of nitrogens with zero attached hydrogens (tertiary/aromatic N) is 2. The maximum atomic E-state index is 13.8. The molecule has 1 heterocycles. The van der Waals surface area contributed by atoms with Crippen molar-refractivity contribution in [1.82, 2.24) is 9.88 Å². The first-order chi connectivity index (χ1) is 11.6. The molecule has 0 N–H and O–H groups in total. The van der Waals surface area contributed by atoms with Gasteiger partial charge >= 0.3 is 0 Å². The molecule has 2 aromatic carbocycles. The van der Waals surface area contributed by atoms with Gasteiger partial charge in [-0.15, -0.1) is 0 Å². The van der Waals surface area contributed by atoms with E-state index >= 15 is 0 Å². The molecule has 0 fully saturated rings. The van der Waals surface area contributed by atoms with Gasteiger partial charge in [0.15, 0.2) is 0 Å². The summed E-state index contributed by atoms with van der Waals surface area (Å²) in [5, 5.41) is 0. The van der Waals surface area contributed by atoms with Crippen LogP contribution in [0.5, 0.6) is 0 Å². The first kappa shape index (κ1) is 16.3. The third kappa shape index (κ3) is 3.36. The van der Waals surface area contributed by atoms with Crippen LogP contribution in [0.25, 0.3) is 22.3 Å². The van der Waals surface area contributed by atoms with E-state index in [1.807, 2.05) is 24.3 Å². The molecular formula is C21H21FN2. The highest BCUT2D eigenvalue weighted by molar-refractivity contribution is 5.70. The zero-order valence-electron chi connectivity index (χ0n) is 14.2. The fourth-order valence-electron chi connectivity index (χ4n) is 2.70. The Morgan fingerprint density at radius 2 is 1.38 bits per heavy atom. The minimum Gasteiger partial charge on any atom is -0.303 e. The van der Waals surface area contributed by atoms with Gasteiger partial charge in [0.05, 0.1) is 6.20 Å². The zero-order chi connectivity index (χ0) is 17.1. The summed E-state index contributed by atoms with van der Waals surface area (Å²) in [5.74, 6) is -0.299. The number of rotatable bonds is 4. The van der Waals surface area contributed by atoms with Gasteiger partial charge in [-0.1, -0.05) is 48.5 Å². The second-order valence-electron chi connectivity index (χ2n) is 6.19. The number of hydrogen-bond donors (Lipinski definition) is 0. The van der Waals surface area contributed by atoms with Crippen LogP contribution in [0.15, 0.2) is 67.0 Å². The summed E-state index contributed by atoms with van der Waals surface area (Å²) < 4.78 is 13.8. The Hall–Kier alpha value is -2.52. The molecule has 0 aliphatic carbocycles. The highest BCUT2D eigenvalue weighted by Gasteiger charge is 2.08. The fourth-order valence-corrected chi connectivity index (χ4v) is 2.70. The Bertz CT molecular complexity index is 808. The van der Waals surface area contributed by atoms with Crippen molar-refractivity contribution in [2.75, 3.05) is 14.1 Å². The van der Waals surface area contributed by atoms with Gasteiger partial charge in [0, 0.05) is 17.8 Å². The molecule has 24 heavy (non-hydrogen) atoms. The van der Waals surface area contributed by atoms with E-state index in [0.717, 1.165) is 16.7 Å². The Morgan fingerprint density at radius 3 is 1.92 bits per heavy atom. The van der Waals surface area contributed by atoms with Gasteiger partial charge in [0.2, 0.25) is 0 Å². The number of benzene rings is 2. The van der Waals surface area contributed by atoms with Gasteiger partial charge < -0.3 is 4.90 Å². The standard InChI is InChI=1S/C21H21FN2/c1-15(24(2)3)16-4-6-17(7-5-16)18-8-10-19(11-9-18)20-12-13-23-14-21(20)22/h4-15H,1-3H3. The van der Waals surface area contributed by atoms with E-state index in [1.54, 1.807) is 12.3 Å². The molecule has 2 nitrogen and oxygen atoms in total. The molecule has 0 aliphatic heterocycles. The highest BCUT2D eigenvalue weighted by Crippen LogP contribution is 2.27. The van der Waals surface area contributed by atoms with Crippen molar-refractivity contribution in [2.24, 2.45) is 0 Å². The van der Waals surface area contributed by atoms with Crippen LogP contribution >= 0.6 is 0 Å². The summed E-state index contributed by atoms with van der Waals surface area (Å²) in [6.07, 6.45) is 2.85. The minimum atomic E-state index is -0.299. The largest absolute Gasteiger partial charge is 0.303 e. The molecule has 1 aromatic heterocycles. The predicted octanol–water partition coefficient (Wildman–Crippen LogP) is 5.18. The van der Waals surface area contributed by atoms with Gasteiger partial charge in [0.1, 0.15) is 5.82 Å². The summed E-state index contributed by atoms with van der Waals surface area (Å²) in [6.45, 7) is 2.19. The van der Waals surface area contributed by atoms with E-state index in [-0.39, 0.29) is 5.82 Å². The molecule has 1 unspecified atom stereocenters. The van der Waals surface area contributed by atoms with Crippen LogP contribution in [0, 0.1) is 5.82 Å². The van der Waals surface area contributed by atoms with Gasteiger partial charge in [-0.05, 0) is 49.3 Å². The van der Waals surface area contributed by atoms with Crippen LogP contribution in [0.2, 0.25) is 0 Å². The predicted molar refractivity (Wildman–Crippen MR) is 97.2 cm³/mol. The topological polar surface area (TPSA) is 16.1 Å². The first-order valence-electron chi connectivity index (χ1n) is 8.03. The quantitative estimate of drug-likeness (QED) is 0.658. The van der Waals surface area contributed by atoms with Gasteiger partial charge in [-0.2, -0.15) is 0 Å².